The first-order valence-corrected chi connectivity index (χ1v) is 9.96. The first-order valence-electron chi connectivity index (χ1n) is 9.96. The minimum absolute atomic E-state index is 0.107. The summed E-state index contributed by atoms with van der Waals surface area (Å²) in [7, 11) is 0. The summed E-state index contributed by atoms with van der Waals surface area (Å²) >= 11 is 0. The monoisotopic (exact) mass is 390 g/mol. The van der Waals surface area contributed by atoms with Crippen molar-refractivity contribution in [2.24, 2.45) is 0 Å². The topological polar surface area (TPSA) is 63.0 Å². The van der Waals surface area contributed by atoms with E-state index in [2.05, 4.69) is 23.1 Å². The zero-order valence-electron chi connectivity index (χ0n) is 16.1. The molecule has 0 atom stereocenters. The third-order valence-electron chi connectivity index (χ3n) is 5.69. The van der Waals surface area contributed by atoms with Gasteiger partial charge in [0.15, 0.2) is 0 Å². The second-order valence-corrected chi connectivity index (χ2v) is 7.59. The van der Waals surface area contributed by atoms with E-state index in [9.17, 15) is 9.59 Å². The number of nitrogens with zero attached hydrogens (tertiary/aromatic N) is 2. The van der Waals surface area contributed by atoms with Crippen LogP contribution in [0.1, 0.15) is 21.5 Å². The molecular formula is C23H22N2O4. The highest BCUT2D eigenvalue weighted by atomic mass is 16.5. The van der Waals surface area contributed by atoms with Gasteiger partial charge in [-0.15, -0.1) is 0 Å². The Hall–Kier alpha value is -3.12. The zero-order valence-corrected chi connectivity index (χ0v) is 16.1. The van der Waals surface area contributed by atoms with Gasteiger partial charge in [0.05, 0.1) is 6.61 Å². The summed E-state index contributed by atoms with van der Waals surface area (Å²) < 4.78 is 10.9. The minimum atomic E-state index is -0.573. The van der Waals surface area contributed by atoms with Crippen LogP contribution in [-0.2, 0) is 13.0 Å². The summed E-state index contributed by atoms with van der Waals surface area (Å²) in [6, 6.07) is 15.3. The first kappa shape index (κ1) is 17.9. The number of rotatable bonds is 3. The van der Waals surface area contributed by atoms with Crippen LogP contribution in [0.4, 0.5) is 0 Å². The summed E-state index contributed by atoms with van der Waals surface area (Å²) in [5.74, 6) is 0.747. The highest BCUT2D eigenvalue weighted by Crippen LogP contribution is 2.26. The van der Waals surface area contributed by atoms with Crippen LogP contribution in [0.15, 0.2) is 57.7 Å². The Balaban J connectivity index is 1.25. The largest absolute Gasteiger partial charge is 0.493 e. The summed E-state index contributed by atoms with van der Waals surface area (Å²) in [6.07, 6.45) is 0.972. The number of para-hydroxylation sites is 1. The highest BCUT2D eigenvalue weighted by Gasteiger charge is 2.25. The maximum atomic E-state index is 12.9. The minimum Gasteiger partial charge on any atom is -0.493 e. The molecule has 148 valence electrons. The molecule has 3 heterocycles. The van der Waals surface area contributed by atoms with Crippen LogP contribution in [0.2, 0.25) is 0 Å². The molecule has 6 heteroatoms. The van der Waals surface area contributed by atoms with Crippen molar-refractivity contribution >= 4 is 16.9 Å². The molecule has 0 radical (unpaired) electrons. The molecule has 0 unspecified atom stereocenters. The van der Waals surface area contributed by atoms with Crippen molar-refractivity contribution in [1.29, 1.82) is 0 Å². The van der Waals surface area contributed by atoms with Crippen LogP contribution in [0, 0.1) is 0 Å². The standard InChI is InChI=1S/C23H22N2O4/c26-22(19-14-17-3-1-2-4-21(17)29-23(19)27)25-10-8-24(9-11-25)15-16-5-6-20-18(13-16)7-12-28-20/h1-6,13-14H,7-12,15H2. The highest BCUT2D eigenvalue weighted by molar-refractivity contribution is 5.96. The Morgan fingerprint density at radius 1 is 1.00 bits per heavy atom. The number of carbonyl (C=O) groups excluding carboxylic acids is 1. The predicted molar refractivity (Wildman–Crippen MR) is 109 cm³/mol. The Labute approximate surface area is 168 Å². The lowest BCUT2D eigenvalue weighted by molar-refractivity contribution is 0.0624. The van der Waals surface area contributed by atoms with Crippen molar-refractivity contribution in [2.45, 2.75) is 13.0 Å². The van der Waals surface area contributed by atoms with Gasteiger partial charge in [-0.2, -0.15) is 0 Å². The Morgan fingerprint density at radius 2 is 1.83 bits per heavy atom. The van der Waals surface area contributed by atoms with Crippen molar-refractivity contribution < 1.29 is 13.9 Å². The maximum absolute atomic E-state index is 12.9. The van der Waals surface area contributed by atoms with Crippen molar-refractivity contribution in [1.82, 2.24) is 9.80 Å². The maximum Gasteiger partial charge on any atom is 0.349 e. The lowest BCUT2D eigenvalue weighted by Gasteiger charge is -2.34. The van der Waals surface area contributed by atoms with Crippen LogP contribution in [0.5, 0.6) is 5.75 Å². The summed E-state index contributed by atoms with van der Waals surface area (Å²) in [5, 5.41) is 0.759. The summed E-state index contributed by atoms with van der Waals surface area (Å²) in [6.45, 7) is 4.37. The van der Waals surface area contributed by atoms with E-state index in [-0.39, 0.29) is 11.5 Å². The van der Waals surface area contributed by atoms with Gasteiger partial charge < -0.3 is 14.1 Å². The Bertz CT molecular complexity index is 1130. The van der Waals surface area contributed by atoms with Crippen LogP contribution in [0.3, 0.4) is 0 Å². The van der Waals surface area contributed by atoms with Crippen LogP contribution in [0.25, 0.3) is 11.0 Å². The normalized spacial score (nSPS) is 16.6. The fraction of sp³-hybridized carbons (Fsp3) is 0.304. The quantitative estimate of drug-likeness (QED) is 0.644. The van der Waals surface area contributed by atoms with E-state index in [0.717, 1.165) is 43.8 Å². The molecule has 1 saturated heterocycles. The zero-order chi connectivity index (χ0) is 19.8. The predicted octanol–water partition coefficient (Wildman–Crippen LogP) is 2.69. The van der Waals surface area contributed by atoms with Gasteiger partial charge in [0.1, 0.15) is 16.9 Å². The molecule has 0 spiro atoms. The van der Waals surface area contributed by atoms with Crippen molar-refractivity contribution in [3.63, 3.8) is 0 Å². The van der Waals surface area contributed by atoms with Gasteiger partial charge >= 0.3 is 5.63 Å². The number of ether oxygens (including phenoxy) is 1. The van der Waals surface area contributed by atoms with E-state index >= 15 is 0 Å². The van der Waals surface area contributed by atoms with Gasteiger partial charge in [-0.3, -0.25) is 9.69 Å². The average molecular weight is 390 g/mol. The molecule has 1 fully saturated rings. The van der Waals surface area contributed by atoms with Crippen molar-refractivity contribution in [3.05, 3.63) is 75.6 Å². The number of fused-ring (bicyclic) bond motifs is 2. The van der Waals surface area contributed by atoms with Crippen LogP contribution < -0.4 is 10.4 Å². The van der Waals surface area contributed by atoms with Gasteiger partial charge in [-0.05, 0) is 29.3 Å². The van der Waals surface area contributed by atoms with E-state index in [1.807, 2.05) is 12.1 Å². The molecule has 29 heavy (non-hydrogen) atoms. The van der Waals surface area contributed by atoms with Gasteiger partial charge in [0.2, 0.25) is 0 Å². The molecule has 2 aliphatic rings. The molecule has 3 aromatic rings. The molecule has 0 aliphatic carbocycles. The van der Waals surface area contributed by atoms with Crippen molar-refractivity contribution in [2.75, 3.05) is 32.8 Å². The van der Waals surface area contributed by atoms with Gasteiger partial charge in [-0.25, -0.2) is 4.79 Å². The number of amides is 1. The molecule has 2 aliphatic heterocycles. The van der Waals surface area contributed by atoms with Crippen LogP contribution in [-0.4, -0.2) is 48.5 Å². The lowest BCUT2D eigenvalue weighted by atomic mass is 10.1. The van der Waals surface area contributed by atoms with E-state index in [4.69, 9.17) is 9.15 Å². The fourth-order valence-electron chi connectivity index (χ4n) is 4.09. The molecule has 5 rings (SSSR count). The van der Waals surface area contributed by atoms with E-state index in [0.29, 0.717) is 18.7 Å². The third-order valence-corrected chi connectivity index (χ3v) is 5.69. The first-order chi connectivity index (χ1) is 14.2. The van der Waals surface area contributed by atoms with Crippen molar-refractivity contribution in [3.8, 4) is 5.75 Å². The van der Waals surface area contributed by atoms with Gasteiger partial charge in [0, 0.05) is 44.5 Å². The Morgan fingerprint density at radius 3 is 2.69 bits per heavy atom. The molecule has 0 saturated carbocycles. The average Bonchev–Trinajstić information content (AvgIpc) is 3.21. The second kappa shape index (κ2) is 7.37. The SMILES string of the molecule is O=C(c1cc2ccccc2oc1=O)N1CCN(Cc2ccc3c(c2)CCO3)CC1. The smallest absolute Gasteiger partial charge is 0.349 e. The number of benzene rings is 2. The number of carbonyl (C=O) groups is 1. The fourth-order valence-corrected chi connectivity index (χ4v) is 4.09. The summed E-state index contributed by atoms with van der Waals surface area (Å²) in [4.78, 5) is 29.3. The number of piperazine rings is 1. The van der Waals surface area contributed by atoms with Gasteiger partial charge in [-0.1, -0.05) is 30.3 Å². The van der Waals surface area contributed by atoms with E-state index in [1.54, 1.807) is 23.1 Å². The van der Waals surface area contributed by atoms with Crippen LogP contribution >= 0.6 is 0 Å². The molecule has 1 amide bonds. The molecule has 0 N–H and O–H groups in total. The summed E-state index contributed by atoms with van der Waals surface area (Å²) in [5.41, 5.74) is 2.58. The molecule has 1 aromatic heterocycles. The molecule has 2 aromatic carbocycles. The molecule has 0 bridgehead atoms. The van der Waals surface area contributed by atoms with E-state index < -0.39 is 5.63 Å². The molecular weight excluding hydrogens is 368 g/mol. The third kappa shape index (κ3) is 3.51. The Kier molecular flexibility index (Phi) is 4.56. The lowest BCUT2D eigenvalue weighted by Crippen LogP contribution is -2.49. The number of hydrogen-bond donors (Lipinski definition) is 0. The van der Waals surface area contributed by atoms with E-state index in [1.165, 1.54) is 11.1 Å². The van der Waals surface area contributed by atoms with Gasteiger partial charge in [0.25, 0.3) is 5.91 Å². The second-order valence-electron chi connectivity index (χ2n) is 7.59. The number of hydrogen-bond acceptors (Lipinski definition) is 5. The molecule has 6 nitrogen and oxygen atoms in total.